The Morgan fingerprint density at radius 2 is 1.48 bits per heavy atom. The van der Waals surface area contributed by atoms with E-state index >= 15 is 0 Å². The summed E-state index contributed by atoms with van der Waals surface area (Å²) in [4.78, 5) is 42.4. The normalized spacial score (nSPS) is 18.4. The molecule has 3 amide bonds. The van der Waals surface area contributed by atoms with Gasteiger partial charge in [0.1, 0.15) is 5.75 Å². The van der Waals surface area contributed by atoms with Gasteiger partial charge in [-0.1, -0.05) is 12.1 Å². The third-order valence-electron chi connectivity index (χ3n) is 5.51. The van der Waals surface area contributed by atoms with Crippen LogP contribution in [0.15, 0.2) is 24.3 Å². The number of methoxy groups -OCH3 is 1. The van der Waals surface area contributed by atoms with Gasteiger partial charge in [-0.15, -0.1) is 0 Å². The predicted octanol–water partition coefficient (Wildman–Crippen LogP) is 1.24. The smallest absolute Gasteiger partial charge is 0.257 e. The minimum Gasteiger partial charge on any atom is -0.496 e. The van der Waals surface area contributed by atoms with Crippen LogP contribution in [-0.2, 0) is 9.59 Å². The third-order valence-corrected chi connectivity index (χ3v) is 5.51. The number of rotatable bonds is 3. The summed E-state index contributed by atoms with van der Waals surface area (Å²) in [5.41, 5.74) is 0.560. The van der Waals surface area contributed by atoms with Gasteiger partial charge in [0.05, 0.1) is 12.7 Å². The molecule has 0 N–H and O–H groups in total. The standard InChI is InChI=1S/C20H27N3O4/c1-15(24)21-11-13-23(14-12-21)19(25)16-7-9-22(10-8-16)20(26)17-5-3-4-6-18(17)27-2/h3-6,16H,7-14H2,1-2H3. The van der Waals surface area contributed by atoms with E-state index in [1.165, 1.54) is 0 Å². The van der Waals surface area contributed by atoms with Gasteiger partial charge in [-0.3, -0.25) is 14.4 Å². The molecule has 2 saturated heterocycles. The number of ether oxygens (including phenoxy) is 1. The summed E-state index contributed by atoms with van der Waals surface area (Å²) in [7, 11) is 1.56. The van der Waals surface area contributed by atoms with Gasteiger partial charge in [0, 0.05) is 52.1 Å². The van der Waals surface area contributed by atoms with Crippen LogP contribution in [0.4, 0.5) is 0 Å². The van der Waals surface area contributed by atoms with Gasteiger partial charge >= 0.3 is 0 Å². The Morgan fingerprint density at radius 1 is 0.889 bits per heavy atom. The van der Waals surface area contributed by atoms with Crippen molar-refractivity contribution in [1.29, 1.82) is 0 Å². The molecule has 0 saturated carbocycles. The predicted molar refractivity (Wildman–Crippen MR) is 100 cm³/mol. The average molecular weight is 373 g/mol. The summed E-state index contributed by atoms with van der Waals surface area (Å²) in [5, 5.41) is 0. The first-order valence-electron chi connectivity index (χ1n) is 9.48. The molecule has 0 bridgehead atoms. The molecule has 0 atom stereocenters. The van der Waals surface area contributed by atoms with Crippen LogP contribution in [0.3, 0.4) is 0 Å². The molecular formula is C20H27N3O4. The molecule has 1 aromatic rings. The number of piperidine rings is 1. The van der Waals surface area contributed by atoms with E-state index in [1.54, 1.807) is 36.0 Å². The Morgan fingerprint density at radius 3 is 2.07 bits per heavy atom. The number of hydrogen-bond acceptors (Lipinski definition) is 4. The summed E-state index contributed by atoms with van der Waals surface area (Å²) in [6.07, 6.45) is 1.35. The van der Waals surface area contributed by atoms with Crippen molar-refractivity contribution in [2.24, 2.45) is 5.92 Å². The minimum absolute atomic E-state index is 0.0457. The summed E-state index contributed by atoms with van der Waals surface area (Å²) < 4.78 is 5.29. The highest BCUT2D eigenvalue weighted by molar-refractivity contribution is 5.97. The second kappa shape index (κ2) is 8.41. The number of carbonyl (C=O) groups is 3. The van der Waals surface area contributed by atoms with E-state index in [1.807, 2.05) is 17.0 Å². The summed E-state index contributed by atoms with van der Waals surface area (Å²) in [6.45, 7) is 5.10. The highest BCUT2D eigenvalue weighted by Gasteiger charge is 2.32. The van der Waals surface area contributed by atoms with Crippen LogP contribution in [0.5, 0.6) is 5.75 Å². The molecule has 7 heteroatoms. The van der Waals surface area contributed by atoms with Crippen LogP contribution in [0.2, 0.25) is 0 Å². The van der Waals surface area contributed by atoms with Crippen LogP contribution < -0.4 is 4.74 Å². The van der Waals surface area contributed by atoms with Crippen molar-refractivity contribution in [2.45, 2.75) is 19.8 Å². The molecule has 2 aliphatic heterocycles. The second-order valence-electron chi connectivity index (χ2n) is 7.10. The van der Waals surface area contributed by atoms with Crippen LogP contribution in [-0.4, -0.2) is 78.8 Å². The highest BCUT2D eigenvalue weighted by atomic mass is 16.5. The van der Waals surface area contributed by atoms with Crippen LogP contribution in [0.25, 0.3) is 0 Å². The van der Waals surface area contributed by atoms with Crippen LogP contribution in [0.1, 0.15) is 30.1 Å². The molecule has 0 unspecified atom stereocenters. The molecule has 0 radical (unpaired) electrons. The fourth-order valence-electron chi connectivity index (χ4n) is 3.82. The van der Waals surface area contributed by atoms with E-state index in [4.69, 9.17) is 4.74 Å². The number of para-hydroxylation sites is 1. The molecule has 146 valence electrons. The van der Waals surface area contributed by atoms with Crippen molar-refractivity contribution in [1.82, 2.24) is 14.7 Å². The van der Waals surface area contributed by atoms with E-state index in [0.717, 1.165) is 0 Å². The van der Waals surface area contributed by atoms with Crippen molar-refractivity contribution in [3.63, 3.8) is 0 Å². The molecule has 2 aliphatic rings. The molecular weight excluding hydrogens is 346 g/mol. The molecule has 0 spiro atoms. The molecule has 7 nitrogen and oxygen atoms in total. The fraction of sp³-hybridized carbons (Fsp3) is 0.550. The van der Waals surface area contributed by atoms with Crippen molar-refractivity contribution >= 4 is 17.7 Å². The lowest BCUT2D eigenvalue weighted by molar-refractivity contribution is -0.142. The van der Waals surface area contributed by atoms with Crippen LogP contribution in [0, 0.1) is 5.92 Å². The second-order valence-corrected chi connectivity index (χ2v) is 7.10. The third kappa shape index (κ3) is 4.23. The van der Waals surface area contributed by atoms with Crippen molar-refractivity contribution in [2.75, 3.05) is 46.4 Å². The first-order valence-corrected chi connectivity index (χ1v) is 9.48. The highest BCUT2D eigenvalue weighted by Crippen LogP contribution is 2.25. The van der Waals surface area contributed by atoms with Crippen molar-refractivity contribution < 1.29 is 19.1 Å². The lowest BCUT2D eigenvalue weighted by Gasteiger charge is -2.38. The van der Waals surface area contributed by atoms with E-state index in [2.05, 4.69) is 0 Å². The van der Waals surface area contributed by atoms with E-state index in [0.29, 0.717) is 63.4 Å². The van der Waals surface area contributed by atoms with E-state index < -0.39 is 0 Å². The topological polar surface area (TPSA) is 70.2 Å². The molecule has 2 fully saturated rings. The number of benzene rings is 1. The Hall–Kier alpha value is -2.57. The zero-order chi connectivity index (χ0) is 19.4. The van der Waals surface area contributed by atoms with Gasteiger partial charge in [0.2, 0.25) is 11.8 Å². The minimum atomic E-state index is -0.0478. The van der Waals surface area contributed by atoms with Crippen LogP contribution >= 0.6 is 0 Å². The Kier molecular flexibility index (Phi) is 5.98. The fourth-order valence-corrected chi connectivity index (χ4v) is 3.82. The SMILES string of the molecule is COc1ccccc1C(=O)N1CCC(C(=O)N2CCN(C(C)=O)CC2)CC1. The maximum atomic E-state index is 12.8. The molecule has 27 heavy (non-hydrogen) atoms. The first-order chi connectivity index (χ1) is 13.0. The number of amides is 3. The quantitative estimate of drug-likeness (QED) is 0.799. The lowest BCUT2D eigenvalue weighted by Crippen LogP contribution is -2.52. The van der Waals surface area contributed by atoms with Gasteiger partial charge in [0.15, 0.2) is 0 Å². The molecule has 3 rings (SSSR count). The maximum absolute atomic E-state index is 12.8. The maximum Gasteiger partial charge on any atom is 0.257 e. The van der Waals surface area contributed by atoms with Crippen molar-refractivity contribution in [3.8, 4) is 5.75 Å². The Balaban J connectivity index is 1.53. The lowest BCUT2D eigenvalue weighted by atomic mass is 9.94. The van der Waals surface area contributed by atoms with Gasteiger partial charge in [-0.05, 0) is 25.0 Å². The van der Waals surface area contributed by atoms with E-state index in [-0.39, 0.29) is 23.6 Å². The molecule has 1 aromatic carbocycles. The largest absolute Gasteiger partial charge is 0.496 e. The average Bonchev–Trinajstić information content (AvgIpc) is 2.72. The summed E-state index contributed by atoms with van der Waals surface area (Å²) >= 11 is 0. The van der Waals surface area contributed by atoms with Crippen molar-refractivity contribution in [3.05, 3.63) is 29.8 Å². The van der Waals surface area contributed by atoms with E-state index in [9.17, 15) is 14.4 Å². The number of likely N-dealkylation sites (tertiary alicyclic amines) is 1. The molecule has 2 heterocycles. The number of hydrogen-bond donors (Lipinski definition) is 0. The van der Waals surface area contributed by atoms with Gasteiger partial charge in [-0.2, -0.15) is 0 Å². The number of carbonyl (C=O) groups excluding carboxylic acids is 3. The van der Waals surface area contributed by atoms with Gasteiger partial charge in [0.25, 0.3) is 5.91 Å². The Labute approximate surface area is 159 Å². The number of piperazine rings is 1. The summed E-state index contributed by atoms with van der Waals surface area (Å²) in [5.74, 6) is 0.695. The van der Waals surface area contributed by atoms with Gasteiger partial charge < -0.3 is 19.4 Å². The molecule has 0 aromatic heterocycles. The zero-order valence-corrected chi connectivity index (χ0v) is 16.0. The Bertz CT molecular complexity index is 705. The first kappa shape index (κ1) is 19.2. The van der Waals surface area contributed by atoms with Gasteiger partial charge in [-0.25, -0.2) is 0 Å². The summed E-state index contributed by atoms with van der Waals surface area (Å²) in [6, 6.07) is 7.22. The monoisotopic (exact) mass is 373 g/mol. The zero-order valence-electron chi connectivity index (χ0n) is 16.0. The number of nitrogens with zero attached hydrogens (tertiary/aromatic N) is 3. The molecule has 0 aliphatic carbocycles.